The summed E-state index contributed by atoms with van der Waals surface area (Å²) in [6.07, 6.45) is -4.49. The van der Waals surface area contributed by atoms with Crippen LogP contribution in [0.2, 0.25) is 0 Å². The lowest BCUT2D eigenvalue weighted by atomic mass is 10.2. The highest BCUT2D eigenvalue weighted by atomic mass is 79.9. The number of carboxylic acids is 1. The lowest BCUT2D eigenvalue weighted by molar-refractivity contribution is -0.139. The molecule has 0 unspecified atom stereocenters. The number of carbonyl (C=O) groups is 1. The monoisotopic (exact) mass is 376 g/mol. The molecule has 0 fully saturated rings. The van der Waals surface area contributed by atoms with Gasteiger partial charge in [-0.05, 0) is 30.3 Å². The van der Waals surface area contributed by atoms with Gasteiger partial charge in [0.25, 0.3) is 0 Å². The number of halogens is 4. The van der Waals surface area contributed by atoms with Crippen molar-refractivity contribution in [2.75, 3.05) is 0 Å². The normalized spacial score (nSPS) is 11.4. The molecule has 0 saturated carbocycles. The zero-order chi connectivity index (χ0) is 15.6. The second kappa shape index (κ2) is 6.11. The molecule has 0 spiro atoms. The van der Waals surface area contributed by atoms with Gasteiger partial charge >= 0.3 is 12.1 Å². The van der Waals surface area contributed by atoms with Gasteiger partial charge in [-0.2, -0.15) is 13.2 Å². The summed E-state index contributed by atoms with van der Waals surface area (Å²) in [6, 6.07) is 9.44. The van der Waals surface area contributed by atoms with Crippen LogP contribution in [0.15, 0.2) is 56.7 Å². The molecule has 0 saturated heterocycles. The average molecular weight is 377 g/mol. The van der Waals surface area contributed by atoms with E-state index in [4.69, 9.17) is 5.11 Å². The van der Waals surface area contributed by atoms with Crippen LogP contribution in [0.4, 0.5) is 13.2 Å². The van der Waals surface area contributed by atoms with Gasteiger partial charge in [-0.25, -0.2) is 4.79 Å². The van der Waals surface area contributed by atoms with Crippen LogP contribution in [-0.4, -0.2) is 11.1 Å². The average Bonchev–Trinajstić information content (AvgIpc) is 2.37. The minimum atomic E-state index is -4.49. The summed E-state index contributed by atoms with van der Waals surface area (Å²) >= 11 is 3.97. The SMILES string of the molecule is O=C(O)c1ccc(Br)cc1Sc1ccccc1C(F)(F)F. The first-order valence-electron chi connectivity index (χ1n) is 5.66. The van der Waals surface area contributed by atoms with E-state index in [-0.39, 0.29) is 15.4 Å². The molecule has 0 radical (unpaired) electrons. The van der Waals surface area contributed by atoms with Gasteiger partial charge < -0.3 is 5.11 Å². The van der Waals surface area contributed by atoms with E-state index in [9.17, 15) is 18.0 Å². The van der Waals surface area contributed by atoms with E-state index in [2.05, 4.69) is 15.9 Å². The molecule has 0 aliphatic heterocycles. The fourth-order valence-electron chi connectivity index (χ4n) is 1.67. The maximum atomic E-state index is 13.0. The predicted octanol–water partition coefficient (Wildman–Crippen LogP) is 5.32. The molecule has 0 aromatic heterocycles. The third-order valence-corrected chi connectivity index (χ3v) is 4.21. The summed E-state index contributed by atoms with van der Waals surface area (Å²) in [5.74, 6) is -1.19. The van der Waals surface area contributed by atoms with Gasteiger partial charge in [-0.3, -0.25) is 0 Å². The summed E-state index contributed by atoms with van der Waals surface area (Å²) in [7, 11) is 0. The van der Waals surface area contributed by atoms with Crippen molar-refractivity contribution in [3.63, 3.8) is 0 Å². The predicted molar refractivity (Wildman–Crippen MR) is 76.7 cm³/mol. The topological polar surface area (TPSA) is 37.3 Å². The second-order valence-electron chi connectivity index (χ2n) is 4.04. The Bertz CT molecular complexity index is 686. The lowest BCUT2D eigenvalue weighted by Gasteiger charge is -2.13. The zero-order valence-electron chi connectivity index (χ0n) is 10.3. The summed E-state index contributed by atoms with van der Waals surface area (Å²) in [5.41, 5.74) is -0.827. The highest BCUT2D eigenvalue weighted by Crippen LogP contribution is 2.40. The van der Waals surface area contributed by atoms with Gasteiger partial charge in [-0.1, -0.05) is 39.8 Å². The van der Waals surface area contributed by atoms with Crippen molar-refractivity contribution in [1.29, 1.82) is 0 Å². The summed E-state index contributed by atoms with van der Waals surface area (Å²) < 4.78 is 39.4. The Labute approximate surface area is 131 Å². The number of aromatic carboxylic acids is 1. The number of hydrogen-bond acceptors (Lipinski definition) is 2. The van der Waals surface area contributed by atoms with Gasteiger partial charge in [0.15, 0.2) is 0 Å². The Kier molecular flexibility index (Phi) is 4.63. The van der Waals surface area contributed by atoms with Gasteiger partial charge in [0.2, 0.25) is 0 Å². The van der Waals surface area contributed by atoms with Gasteiger partial charge in [0.1, 0.15) is 0 Å². The van der Waals surface area contributed by atoms with Crippen LogP contribution in [0.25, 0.3) is 0 Å². The first kappa shape index (κ1) is 15.9. The van der Waals surface area contributed by atoms with Crippen LogP contribution in [0.1, 0.15) is 15.9 Å². The molecule has 21 heavy (non-hydrogen) atoms. The molecule has 2 aromatic carbocycles. The zero-order valence-corrected chi connectivity index (χ0v) is 12.7. The van der Waals surface area contributed by atoms with E-state index in [1.54, 1.807) is 0 Å². The van der Waals surface area contributed by atoms with Crippen molar-refractivity contribution in [2.24, 2.45) is 0 Å². The highest BCUT2D eigenvalue weighted by Gasteiger charge is 2.33. The summed E-state index contributed by atoms with van der Waals surface area (Å²) in [5, 5.41) is 9.11. The van der Waals surface area contributed by atoms with E-state index in [1.165, 1.54) is 36.4 Å². The standard InChI is InChI=1S/C14H8BrF3O2S/c15-8-5-6-9(13(19)20)12(7-8)21-11-4-2-1-3-10(11)14(16,17)18/h1-7H,(H,19,20). The molecule has 0 bridgehead atoms. The van der Waals surface area contributed by atoms with E-state index in [1.807, 2.05) is 0 Å². The van der Waals surface area contributed by atoms with Crippen LogP contribution < -0.4 is 0 Å². The van der Waals surface area contributed by atoms with Crippen molar-refractivity contribution >= 4 is 33.7 Å². The Morgan fingerprint density at radius 1 is 1.10 bits per heavy atom. The molecule has 2 aromatic rings. The van der Waals surface area contributed by atoms with Crippen LogP contribution in [-0.2, 0) is 6.18 Å². The number of rotatable bonds is 3. The number of hydrogen-bond donors (Lipinski definition) is 1. The van der Waals surface area contributed by atoms with Gasteiger partial charge in [0.05, 0.1) is 11.1 Å². The minimum Gasteiger partial charge on any atom is -0.478 e. The van der Waals surface area contributed by atoms with Crippen molar-refractivity contribution in [1.82, 2.24) is 0 Å². The van der Waals surface area contributed by atoms with Crippen molar-refractivity contribution < 1.29 is 23.1 Å². The highest BCUT2D eigenvalue weighted by molar-refractivity contribution is 9.10. The molecule has 1 N–H and O–H groups in total. The third kappa shape index (κ3) is 3.79. The molecule has 110 valence electrons. The van der Waals surface area contributed by atoms with Crippen molar-refractivity contribution in [3.8, 4) is 0 Å². The Hall–Kier alpha value is -1.47. The van der Waals surface area contributed by atoms with E-state index in [0.717, 1.165) is 17.8 Å². The first-order valence-corrected chi connectivity index (χ1v) is 7.27. The van der Waals surface area contributed by atoms with Crippen LogP contribution in [0.3, 0.4) is 0 Å². The fraction of sp³-hybridized carbons (Fsp3) is 0.0714. The molecule has 0 aliphatic rings. The quantitative estimate of drug-likeness (QED) is 0.787. The second-order valence-corrected chi connectivity index (χ2v) is 6.04. The maximum absolute atomic E-state index is 13.0. The number of benzene rings is 2. The van der Waals surface area contributed by atoms with Crippen LogP contribution in [0.5, 0.6) is 0 Å². The minimum absolute atomic E-state index is 0.0365. The van der Waals surface area contributed by atoms with E-state index in [0.29, 0.717) is 4.47 Å². The van der Waals surface area contributed by atoms with E-state index >= 15 is 0 Å². The molecule has 7 heteroatoms. The largest absolute Gasteiger partial charge is 0.478 e. The molecule has 2 rings (SSSR count). The Morgan fingerprint density at radius 2 is 1.76 bits per heavy atom. The van der Waals surface area contributed by atoms with Crippen molar-refractivity contribution in [2.45, 2.75) is 16.0 Å². The van der Waals surface area contributed by atoms with Gasteiger partial charge in [-0.15, -0.1) is 0 Å². The molecule has 2 nitrogen and oxygen atoms in total. The molecule has 0 heterocycles. The van der Waals surface area contributed by atoms with Gasteiger partial charge in [0, 0.05) is 14.3 Å². The smallest absolute Gasteiger partial charge is 0.417 e. The fourth-order valence-corrected chi connectivity index (χ4v) is 3.31. The molecule has 0 amide bonds. The van der Waals surface area contributed by atoms with E-state index < -0.39 is 17.7 Å². The molecular weight excluding hydrogens is 369 g/mol. The summed E-state index contributed by atoms with van der Waals surface area (Å²) in [4.78, 5) is 11.4. The van der Waals surface area contributed by atoms with Crippen LogP contribution in [0, 0.1) is 0 Å². The Morgan fingerprint density at radius 3 is 2.38 bits per heavy atom. The third-order valence-electron chi connectivity index (χ3n) is 2.59. The van der Waals surface area contributed by atoms with Crippen LogP contribution >= 0.6 is 27.7 Å². The number of alkyl halides is 3. The molecular formula is C14H8BrF3O2S. The lowest BCUT2D eigenvalue weighted by Crippen LogP contribution is -2.06. The van der Waals surface area contributed by atoms with Crippen molar-refractivity contribution in [3.05, 3.63) is 58.1 Å². The molecule has 0 aliphatic carbocycles. The first-order chi connectivity index (χ1) is 9.79. The number of carboxylic acid groups (broad SMARTS) is 1. The Balaban J connectivity index is 2.49. The summed E-state index contributed by atoms with van der Waals surface area (Å²) in [6.45, 7) is 0. The maximum Gasteiger partial charge on any atom is 0.417 e. The molecule has 0 atom stereocenters.